The van der Waals surface area contributed by atoms with Gasteiger partial charge in [-0.25, -0.2) is 0 Å². The highest BCUT2D eigenvalue weighted by atomic mass is 32.1. The summed E-state index contributed by atoms with van der Waals surface area (Å²) in [6.45, 7) is 0. The molecule has 0 N–H and O–H groups in total. The number of aromatic nitrogens is 1. The fourth-order valence-electron chi connectivity index (χ4n) is 8.45. The zero-order valence-corrected chi connectivity index (χ0v) is 30.1. The van der Waals surface area contributed by atoms with Crippen LogP contribution in [-0.4, -0.2) is 4.57 Å². The normalized spacial score (nSPS) is 11.6. The Balaban J connectivity index is 1.24. The quantitative estimate of drug-likeness (QED) is 0.182. The van der Waals surface area contributed by atoms with E-state index in [1.54, 1.807) is 6.07 Å². The number of benzene rings is 8. The molecular formula is C50H27N3OS. The highest BCUT2D eigenvalue weighted by Gasteiger charge is 2.22. The van der Waals surface area contributed by atoms with Gasteiger partial charge in [0, 0.05) is 53.0 Å². The number of hydrogen-bond acceptors (Lipinski definition) is 4. The van der Waals surface area contributed by atoms with E-state index in [0.29, 0.717) is 11.1 Å². The smallest absolute Gasteiger partial charge is 0.160 e. The van der Waals surface area contributed by atoms with Crippen molar-refractivity contribution in [3.8, 4) is 51.2 Å². The molecule has 0 amide bonds. The molecule has 3 heterocycles. The van der Waals surface area contributed by atoms with Gasteiger partial charge in [0.15, 0.2) is 5.58 Å². The second-order valence-electron chi connectivity index (χ2n) is 13.9. The molecule has 0 fully saturated rings. The third-order valence-electron chi connectivity index (χ3n) is 10.9. The third-order valence-corrected chi connectivity index (χ3v) is 12.0. The van der Waals surface area contributed by atoms with E-state index in [-0.39, 0.29) is 0 Å². The van der Waals surface area contributed by atoms with E-state index in [2.05, 4.69) is 132 Å². The summed E-state index contributed by atoms with van der Waals surface area (Å²) in [5.41, 5.74) is 11.9. The lowest BCUT2D eigenvalue weighted by Crippen LogP contribution is -1.97. The number of nitrogens with zero attached hydrogens (tertiary/aromatic N) is 3. The summed E-state index contributed by atoms with van der Waals surface area (Å²) in [7, 11) is 0. The van der Waals surface area contributed by atoms with E-state index in [0.717, 1.165) is 82.8 Å². The number of nitriles is 2. The van der Waals surface area contributed by atoms with Crippen molar-refractivity contribution in [1.29, 1.82) is 10.5 Å². The first kappa shape index (κ1) is 31.1. The topological polar surface area (TPSA) is 65.7 Å². The maximum absolute atomic E-state index is 10.2. The van der Waals surface area contributed by atoms with Crippen molar-refractivity contribution in [2.24, 2.45) is 0 Å². The lowest BCUT2D eigenvalue weighted by molar-refractivity contribution is 0.671. The van der Waals surface area contributed by atoms with Crippen molar-refractivity contribution in [2.75, 3.05) is 0 Å². The van der Waals surface area contributed by atoms with Crippen LogP contribution in [0.3, 0.4) is 0 Å². The minimum atomic E-state index is 0.553. The van der Waals surface area contributed by atoms with E-state index >= 15 is 0 Å². The Morgan fingerprint density at radius 1 is 0.491 bits per heavy atom. The van der Waals surface area contributed by atoms with Crippen molar-refractivity contribution < 1.29 is 4.42 Å². The number of thiophene rings is 1. The van der Waals surface area contributed by atoms with Gasteiger partial charge < -0.3 is 8.98 Å². The largest absolute Gasteiger partial charge is 0.454 e. The van der Waals surface area contributed by atoms with E-state index in [1.165, 1.54) is 20.2 Å². The lowest BCUT2D eigenvalue weighted by Gasteiger charge is -2.17. The molecule has 11 rings (SSSR count). The Morgan fingerprint density at radius 3 is 2.15 bits per heavy atom. The van der Waals surface area contributed by atoms with Gasteiger partial charge in [0.2, 0.25) is 0 Å². The average Bonchev–Trinajstić information content (AvgIpc) is 3.93. The molecule has 0 aliphatic heterocycles. The predicted octanol–water partition coefficient (Wildman–Crippen LogP) is 13.8. The molecule has 0 saturated heterocycles. The Morgan fingerprint density at radius 2 is 1.25 bits per heavy atom. The van der Waals surface area contributed by atoms with Crippen LogP contribution in [0.5, 0.6) is 0 Å². The number of para-hydroxylation sites is 2. The number of hydrogen-bond donors (Lipinski definition) is 0. The van der Waals surface area contributed by atoms with Gasteiger partial charge in [-0.05, 0) is 94.5 Å². The van der Waals surface area contributed by atoms with Gasteiger partial charge in [-0.1, -0.05) is 97.1 Å². The van der Waals surface area contributed by atoms with Gasteiger partial charge in [-0.15, -0.1) is 11.3 Å². The second-order valence-corrected chi connectivity index (χ2v) is 14.9. The first-order valence-electron chi connectivity index (χ1n) is 18.1. The van der Waals surface area contributed by atoms with Crippen LogP contribution in [0.2, 0.25) is 0 Å². The van der Waals surface area contributed by atoms with Crippen LogP contribution in [0.1, 0.15) is 11.1 Å². The molecule has 0 aliphatic rings. The van der Waals surface area contributed by atoms with E-state index in [9.17, 15) is 10.5 Å². The number of furan rings is 1. The summed E-state index contributed by atoms with van der Waals surface area (Å²) in [5, 5.41) is 26.8. The van der Waals surface area contributed by atoms with Gasteiger partial charge >= 0.3 is 0 Å². The van der Waals surface area contributed by atoms with Crippen LogP contribution in [0.25, 0.3) is 103 Å². The Bertz CT molecular complexity index is 3480. The van der Waals surface area contributed by atoms with Gasteiger partial charge in [-0.3, -0.25) is 0 Å². The van der Waals surface area contributed by atoms with Crippen LogP contribution in [0.4, 0.5) is 0 Å². The summed E-state index contributed by atoms with van der Waals surface area (Å²) in [6.07, 6.45) is 0. The summed E-state index contributed by atoms with van der Waals surface area (Å²) >= 11 is 1.81. The monoisotopic (exact) mass is 717 g/mol. The summed E-state index contributed by atoms with van der Waals surface area (Å²) in [6, 6.07) is 61.3. The van der Waals surface area contributed by atoms with Gasteiger partial charge in [0.05, 0.1) is 34.3 Å². The molecule has 254 valence electrons. The van der Waals surface area contributed by atoms with Crippen molar-refractivity contribution in [3.63, 3.8) is 0 Å². The highest BCUT2D eigenvalue weighted by Crippen LogP contribution is 2.46. The maximum Gasteiger partial charge on any atom is 0.160 e. The van der Waals surface area contributed by atoms with Gasteiger partial charge in [0.25, 0.3) is 0 Å². The zero-order chi connectivity index (χ0) is 36.6. The molecule has 0 saturated carbocycles. The SMILES string of the molecule is N#Cc1cccc(-c2cc(-c3ccc(-n4c5ccccc5c5ccc6c7ccccc7oc6c54)cc3-c3cccc4sc5ccccc5c34)ccc2C#N)c1. The molecule has 0 atom stereocenters. The fraction of sp³-hybridized carbons (Fsp3) is 0. The highest BCUT2D eigenvalue weighted by molar-refractivity contribution is 7.25. The van der Waals surface area contributed by atoms with Crippen molar-refractivity contribution >= 4 is 75.3 Å². The van der Waals surface area contributed by atoms with E-state index in [4.69, 9.17) is 4.42 Å². The third kappa shape index (κ3) is 4.68. The molecule has 8 aromatic carbocycles. The van der Waals surface area contributed by atoms with Crippen LogP contribution in [0.15, 0.2) is 168 Å². The van der Waals surface area contributed by atoms with Crippen LogP contribution >= 0.6 is 11.3 Å². The van der Waals surface area contributed by atoms with E-state index in [1.807, 2.05) is 53.8 Å². The van der Waals surface area contributed by atoms with Crippen LogP contribution in [0, 0.1) is 22.7 Å². The molecule has 55 heavy (non-hydrogen) atoms. The van der Waals surface area contributed by atoms with Gasteiger partial charge in [0.1, 0.15) is 5.58 Å². The summed E-state index contributed by atoms with van der Waals surface area (Å²) < 4.78 is 11.5. The molecule has 0 bridgehead atoms. The van der Waals surface area contributed by atoms with Gasteiger partial charge in [-0.2, -0.15) is 10.5 Å². The fourth-order valence-corrected chi connectivity index (χ4v) is 9.58. The second kappa shape index (κ2) is 12.0. The van der Waals surface area contributed by atoms with Crippen molar-refractivity contribution in [1.82, 2.24) is 4.57 Å². The molecule has 0 radical (unpaired) electrons. The summed E-state index contributed by atoms with van der Waals surface area (Å²) in [5.74, 6) is 0. The molecular weight excluding hydrogens is 691 g/mol. The molecule has 5 heteroatoms. The number of rotatable bonds is 4. The Labute approximate surface area is 319 Å². The van der Waals surface area contributed by atoms with Crippen molar-refractivity contribution in [2.45, 2.75) is 0 Å². The van der Waals surface area contributed by atoms with Crippen molar-refractivity contribution in [3.05, 3.63) is 175 Å². The zero-order valence-electron chi connectivity index (χ0n) is 29.2. The summed E-state index contributed by atoms with van der Waals surface area (Å²) in [4.78, 5) is 0. The minimum Gasteiger partial charge on any atom is -0.454 e. The minimum absolute atomic E-state index is 0.553. The Hall–Kier alpha value is -7.44. The first-order chi connectivity index (χ1) is 27.2. The Kier molecular flexibility index (Phi) is 6.82. The average molecular weight is 718 g/mol. The van der Waals surface area contributed by atoms with Crippen LogP contribution < -0.4 is 0 Å². The molecule has 4 nitrogen and oxygen atoms in total. The lowest BCUT2D eigenvalue weighted by atomic mass is 9.89. The predicted molar refractivity (Wildman–Crippen MR) is 227 cm³/mol. The molecule has 11 aromatic rings. The molecule has 3 aromatic heterocycles. The maximum atomic E-state index is 10.2. The number of fused-ring (bicyclic) bond motifs is 10. The standard InChI is InChI=1S/C50H27N3OS/c51-28-30-9-7-10-31(25-30)42-26-32(19-20-33(42)29-52)35-22-21-34(27-43(35)38-14-8-18-47-48(38)41-13-3-6-17-46(41)55-47)53-44-15-4-1-11-36(44)39-23-24-40-37-12-2-5-16-45(37)54-50(40)49(39)53/h1-27H. The first-order valence-corrected chi connectivity index (χ1v) is 18.9. The molecule has 0 spiro atoms. The van der Waals surface area contributed by atoms with Crippen LogP contribution in [-0.2, 0) is 0 Å². The molecule has 0 aliphatic carbocycles. The molecule has 0 unspecified atom stereocenters. The van der Waals surface area contributed by atoms with E-state index < -0.39 is 0 Å².